The van der Waals surface area contributed by atoms with E-state index in [-0.39, 0.29) is 5.82 Å². The third kappa shape index (κ3) is 4.72. The highest BCUT2D eigenvalue weighted by molar-refractivity contribution is 5.34. The van der Waals surface area contributed by atoms with Crippen molar-refractivity contribution < 1.29 is 9.13 Å². The van der Waals surface area contributed by atoms with Crippen molar-refractivity contribution in [1.82, 2.24) is 5.32 Å². The van der Waals surface area contributed by atoms with Crippen molar-refractivity contribution in [1.29, 1.82) is 5.26 Å². The maximum Gasteiger partial charge on any atom is 0.181 e. The third-order valence-corrected chi connectivity index (χ3v) is 2.38. The van der Waals surface area contributed by atoms with Crippen molar-refractivity contribution in [2.45, 2.75) is 33.4 Å². The first-order valence-corrected chi connectivity index (χ1v) is 6.08. The molecule has 0 radical (unpaired) electrons. The predicted molar refractivity (Wildman–Crippen MR) is 68.6 cm³/mol. The Morgan fingerprint density at radius 1 is 1.39 bits per heavy atom. The molecule has 0 aliphatic heterocycles. The van der Waals surface area contributed by atoms with Crippen molar-refractivity contribution >= 4 is 0 Å². The molecule has 1 atom stereocenters. The number of nitrogens with zero attached hydrogens (tertiary/aromatic N) is 1. The molecule has 0 aliphatic carbocycles. The van der Waals surface area contributed by atoms with Gasteiger partial charge in [0.05, 0.1) is 0 Å². The number of nitriles is 1. The van der Waals surface area contributed by atoms with Crippen LogP contribution >= 0.6 is 0 Å². The molecular formula is C14H19FN2O. The van der Waals surface area contributed by atoms with Crippen molar-refractivity contribution in [2.24, 2.45) is 5.92 Å². The Morgan fingerprint density at radius 3 is 2.72 bits per heavy atom. The van der Waals surface area contributed by atoms with Gasteiger partial charge in [-0.2, -0.15) is 5.26 Å². The van der Waals surface area contributed by atoms with Crippen LogP contribution in [0.5, 0.6) is 5.75 Å². The first kappa shape index (κ1) is 14.5. The highest BCUT2D eigenvalue weighted by Gasteiger charge is 2.09. The lowest BCUT2D eigenvalue weighted by Crippen LogP contribution is -2.20. The third-order valence-electron chi connectivity index (χ3n) is 2.38. The Bertz CT molecular complexity index is 426. The second-order valence-electron chi connectivity index (χ2n) is 4.67. The molecule has 0 saturated heterocycles. The molecule has 1 rings (SSSR count). The van der Waals surface area contributed by atoms with Gasteiger partial charge in [0, 0.05) is 12.1 Å². The summed E-state index contributed by atoms with van der Waals surface area (Å²) in [6.07, 6.45) is -0.542. The van der Waals surface area contributed by atoms with E-state index in [9.17, 15) is 4.39 Å². The van der Waals surface area contributed by atoms with Gasteiger partial charge in [-0.25, -0.2) is 4.39 Å². The van der Waals surface area contributed by atoms with Crippen LogP contribution in [0.15, 0.2) is 18.2 Å². The molecule has 0 fully saturated rings. The van der Waals surface area contributed by atoms with Crippen LogP contribution in [-0.4, -0.2) is 12.6 Å². The largest absolute Gasteiger partial charge is 0.476 e. The SMILES string of the molecule is CC(C)CNCc1cc(F)ccc1OC(C)C#N. The number of hydrogen-bond acceptors (Lipinski definition) is 3. The highest BCUT2D eigenvalue weighted by Crippen LogP contribution is 2.21. The number of halogens is 1. The molecule has 0 heterocycles. The molecule has 0 amide bonds. The molecule has 0 aromatic heterocycles. The van der Waals surface area contributed by atoms with Crippen molar-refractivity contribution in [3.05, 3.63) is 29.6 Å². The van der Waals surface area contributed by atoms with Crippen LogP contribution < -0.4 is 10.1 Å². The summed E-state index contributed by atoms with van der Waals surface area (Å²) in [7, 11) is 0. The average Bonchev–Trinajstić information content (AvgIpc) is 2.31. The van der Waals surface area contributed by atoms with E-state index in [4.69, 9.17) is 10.00 Å². The van der Waals surface area contributed by atoms with Crippen LogP contribution in [0, 0.1) is 23.1 Å². The van der Waals surface area contributed by atoms with Gasteiger partial charge >= 0.3 is 0 Å². The van der Waals surface area contributed by atoms with E-state index < -0.39 is 6.10 Å². The average molecular weight is 250 g/mol. The number of nitrogens with one attached hydrogen (secondary N) is 1. The van der Waals surface area contributed by atoms with Gasteiger partial charge in [0.2, 0.25) is 0 Å². The minimum absolute atomic E-state index is 0.298. The van der Waals surface area contributed by atoms with Gasteiger partial charge < -0.3 is 10.1 Å². The molecule has 1 aromatic rings. The van der Waals surface area contributed by atoms with Gasteiger partial charge in [-0.15, -0.1) is 0 Å². The summed E-state index contributed by atoms with van der Waals surface area (Å²) >= 11 is 0. The van der Waals surface area contributed by atoms with E-state index in [0.717, 1.165) is 12.1 Å². The van der Waals surface area contributed by atoms with Crippen LogP contribution in [-0.2, 0) is 6.54 Å². The zero-order valence-electron chi connectivity index (χ0n) is 11.0. The molecule has 0 aliphatic rings. The van der Waals surface area contributed by atoms with Gasteiger partial charge in [-0.3, -0.25) is 0 Å². The summed E-state index contributed by atoms with van der Waals surface area (Å²) in [5, 5.41) is 12.0. The zero-order chi connectivity index (χ0) is 13.5. The lowest BCUT2D eigenvalue weighted by atomic mass is 10.1. The lowest BCUT2D eigenvalue weighted by Gasteiger charge is -2.14. The summed E-state index contributed by atoms with van der Waals surface area (Å²) in [5.41, 5.74) is 0.734. The number of rotatable bonds is 6. The predicted octanol–water partition coefficient (Wildman–Crippen LogP) is 2.86. The molecule has 98 valence electrons. The summed E-state index contributed by atoms with van der Waals surface area (Å²) in [5.74, 6) is 0.788. The summed E-state index contributed by atoms with van der Waals surface area (Å²) in [6.45, 7) is 7.25. The molecule has 1 N–H and O–H groups in total. The molecule has 0 bridgehead atoms. The Balaban J connectivity index is 2.74. The standard InChI is InChI=1S/C14H19FN2O/c1-10(2)8-17-9-12-6-13(15)4-5-14(12)18-11(3)7-16/h4-6,10-11,17H,8-9H2,1-3H3. The smallest absolute Gasteiger partial charge is 0.181 e. The summed E-state index contributed by atoms with van der Waals surface area (Å²) in [4.78, 5) is 0. The first-order valence-electron chi connectivity index (χ1n) is 6.08. The van der Waals surface area contributed by atoms with Crippen LogP contribution in [0.3, 0.4) is 0 Å². The number of hydrogen-bond donors (Lipinski definition) is 1. The van der Waals surface area contributed by atoms with Gasteiger partial charge in [0.1, 0.15) is 17.6 Å². The fraction of sp³-hybridized carbons (Fsp3) is 0.500. The van der Waals surface area contributed by atoms with E-state index in [1.54, 1.807) is 13.0 Å². The molecule has 0 saturated carbocycles. The molecule has 18 heavy (non-hydrogen) atoms. The monoisotopic (exact) mass is 250 g/mol. The Hall–Kier alpha value is -1.60. The summed E-state index contributed by atoms with van der Waals surface area (Å²) < 4.78 is 18.6. The van der Waals surface area contributed by atoms with Crippen LogP contribution in [0.1, 0.15) is 26.3 Å². The van der Waals surface area contributed by atoms with Crippen LogP contribution in [0.4, 0.5) is 4.39 Å². The van der Waals surface area contributed by atoms with E-state index in [2.05, 4.69) is 19.2 Å². The normalized spacial score (nSPS) is 12.2. The zero-order valence-corrected chi connectivity index (χ0v) is 11.0. The number of ether oxygens (including phenoxy) is 1. The van der Waals surface area contributed by atoms with E-state index in [1.165, 1.54) is 12.1 Å². The Morgan fingerprint density at radius 2 is 2.11 bits per heavy atom. The number of benzene rings is 1. The fourth-order valence-corrected chi connectivity index (χ4v) is 1.51. The minimum Gasteiger partial charge on any atom is -0.476 e. The van der Waals surface area contributed by atoms with E-state index in [1.807, 2.05) is 6.07 Å². The van der Waals surface area contributed by atoms with E-state index >= 15 is 0 Å². The maximum absolute atomic E-state index is 13.2. The van der Waals surface area contributed by atoms with Crippen LogP contribution in [0.2, 0.25) is 0 Å². The maximum atomic E-state index is 13.2. The van der Waals surface area contributed by atoms with Gasteiger partial charge in [-0.05, 0) is 37.6 Å². The first-order chi connectivity index (χ1) is 8.52. The molecule has 3 nitrogen and oxygen atoms in total. The second-order valence-corrected chi connectivity index (χ2v) is 4.67. The minimum atomic E-state index is -0.542. The van der Waals surface area contributed by atoms with Crippen LogP contribution in [0.25, 0.3) is 0 Å². The topological polar surface area (TPSA) is 45.0 Å². The molecule has 0 spiro atoms. The Labute approximate surface area is 108 Å². The molecule has 4 heteroatoms. The van der Waals surface area contributed by atoms with Crippen molar-refractivity contribution in [3.8, 4) is 11.8 Å². The Kier molecular flexibility index (Phi) is 5.60. The summed E-state index contributed by atoms with van der Waals surface area (Å²) in [6, 6.07) is 6.33. The van der Waals surface area contributed by atoms with Crippen molar-refractivity contribution in [2.75, 3.05) is 6.54 Å². The van der Waals surface area contributed by atoms with Gasteiger partial charge in [0.15, 0.2) is 6.10 Å². The molecule has 1 unspecified atom stereocenters. The van der Waals surface area contributed by atoms with Gasteiger partial charge in [-0.1, -0.05) is 13.8 Å². The van der Waals surface area contributed by atoms with E-state index in [0.29, 0.717) is 18.2 Å². The highest BCUT2D eigenvalue weighted by atomic mass is 19.1. The van der Waals surface area contributed by atoms with Gasteiger partial charge in [0.25, 0.3) is 0 Å². The second kappa shape index (κ2) is 6.97. The quantitative estimate of drug-likeness (QED) is 0.844. The fourth-order valence-electron chi connectivity index (χ4n) is 1.51. The molecule has 1 aromatic carbocycles. The molecular weight excluding hydrogens is 231 g/mol. The lowest BCUT2D eigenvalue weighted by molar-refractivity contribution is 0.272. The van der Waals surface area contributed by atoms with Crippen molar-refractivity contribution in [3.63, 3.8) is 0 Å².